The maximum absolute atomic E-state index is 13.0. The zero-order valence-corrected chi connectivity index (χ0v) is 16.6. The van der Waals surface area contributed by atoms with E-state index in [1.54, 1.807) is 0 Å². The Labute approximate surface area is 163 Å². The van der Waals surface area contributed by atoms with Crippen LogP contribution < -0.4 is 16.3 Å². The Bertz CT molecular complexity index is 1020. The molecule has 3 rings (SSSR count). The number of azide groups is 1. The molecule has 2 fully saturated rings. The van der Waals surface area contributed by atoms with Crippen molar-refractivity contribution in [1.82, 2.24) is 14.6 Å². The van der Waals surface area contributed by atoms with E-state index in [9.17, 15) is 18.9 Å². The average molecular weight is 430 g/mol. The van der Waals surface area contributed by atoms with Gasteiger partial charge in [0.05, 0.1) is 13.7 Å². The van der Waals surface area contributed by atoms with Gasteiger partial charge in [0.1, 0.15) is 23.8 Å². The summed E-state index contributed by atoms with van der Waals surface area (Å²) in [6.45, 7) is 2.64. The van der Waals surface area contributed by atoms with Gasteiger partial charge in [-0.3, -0.25) is 28.2 Å². The van der Waals surface area contributed by atoms with E-state index in [0.717, 1.165) is 10.6 Å². The lowest BCUT2D eigenvalue weighted by atomic mass is 9.93. The molecule has 2 aliphatic rings. The summed E-state index contributed by atoms with van der Waals surface area (Å²) in [7, 11) is -2.84. The molecule has 0 aromatic carbocycles. The number of nitrogens with one attached hydrogen (secondary N) is 2. The third-order valence-corrected chi connectivity index (χ3v) is 6.35. The van der Waals surface area contributed by atoms with Crippen molar-refractivity contribution in [1.29, 1.82) is 0 Å². The minimum atomic E-state index is -4.01. The molecule has 1 aromatic heterocycles. The van der Waals surface area contributed by atoms with Crippen LogP contribution in [-0.4, -0.2) is 53.0 Å². The number of ether oxygens (including phenoxy) is 2. The molecular formula is C14H19N6O8P. The smallest absolute Gasteiger partial charge is 0.406 e. The number of fused-ring (bicyclic) bond motifs is 1. The van der Waals surface area contributed by atoms with E-state index in [-0.39, 0.29) is 6.61 Å². The van der Waals surface area contributed by atoms with Gasteiger partial charge >= 0.3 is 19.4 Å². The van der Waals surface area contributed by atoms with E-state index < -0.39 is 55.0 Å². The van der Waals surface area contributed by atoms with Crippen LogP contribution in [0.25, 0.3) is 10.4 Å². The topological polar surface area (TPSA) is 187 Å². The number of aromatic amines is 1. The Kier molecular flexibility index (Phi) is 5.68. The first-order chi connectivity index (χ1) is 13.6. The molecule has 0 spiro atoms. The predicted molar refractivity (Wildman–Crippen MR) is 95.8 cm³/mol. The lowest BCUT2D eigenvalue weighted by Gasteiger charge is -2.36. The van der Waals surface area contributed by atoms with Gasteiger partial charge in [0, 0.05) is 17.2 Å². The van der Waals surface area contributed by atoms with Crippen LogP contribution in [0.3, 0.4) is 0 Å². The Morgan fingerprint density at radius 2 is 2.31 bits per heavy atom. The van der Waals surface area contributed by atoms with Crippen molar-refractivity contribution in [3.05, 3.63) is 43.5 Å². The van der Waals surface area contributed by atoms with E-state index in [1.807, 2.05) is 0 Å². The molecule has 2 unspecified atom stereocenters. The molecule has 0 bridgehead atoms. The van der Waals surface area contributed by atoms with Crippen molar-refractivity contribution in [3.8, 4) is 0 Å². The van der Waals surface area contributed by atoms with E-state index in [4.69, 9.17) is 19.3 Å². The first-order valence-corrected chi connectivity index (χ1v) is 9.99. The zero-order chi connectivity index (χ0) is 21.4. The van der Waals surface area contributed by atoms with Gasteiger partial charge in [0.25, 0.3) is 5.56 Å². The van der Waals surface area contributed by atoms with Gasteiger partial charge < -0.3 is 9.47 Å². The highest BCUT2D eigenvalue weighted by Gasteiger charge is 2.60. The number of nitrogens with zero attached hydrogens (tertiary/aromatic N) is 4. The van der Waals surface area contributed by atoms with Crippen molar-refractivity contribution in [2.75, 3.05) is 13.7 Å². The molecule has 2 aliphatic heterocycles. The molecule has 2 saturated heterocycles. The largest absolute Gasteiger partial charge is 0.468 e. The number of hydrogen-bond donors (Lipinski definition) is 2. The molecule has 2 N–H and O–H groups in total. The summed E-state index contributed by atoms with van der Waals surface area (Å²) in [5.41, 5.74) is 6.13. The molecule has 6 atom stereocenters. The van der Waals surface area contributed by atoms with Crippen LogP contribution in [0.4, 0.5) is 0 Å². The van der Waals surface area contributed by atoms with E-state index in [2.05, 4.69) is 24.8 Å². The average Bonchev–Trinajstić information content (AvgIpc) is 2.93. The molecule has 14 nitrogen and oxygen atoms in total. The number of hydrogen-bond acceptors (Lipinski definition) is 9. The van der Waals surface area contributed by atoms with Crippen molar-refractivity contribution in [3.63, 3.8) is 0 Å². The lowest BCUT2D eigenvalue weighted by molar-refractivity contribution is -0.142. The summed E-state index contributed by atoms with van der Waals surface area (Å²) in [5.74, 6) is -0.687. The molecule has 3 heterocycles. The van der Waals surface area contributed by atoms with E-state index in [0.29, 0.717) is 0 Å². The first kappa shape index (κ1) is 21.2. The lowest BCUT2D eigenvalue weighted by Crippen LogP contribution is -2.49. The number of carbonyl (C=O) groups is 1. The zero-order valence-electron chi connectivity index (χ0n) is 15.7. The van der Waals surface area contributed by atoms with Crippen LogP contribution in [-0.2, 0) is 27.9 Å². The third kappa shape index (κ3) is 3.86. The summed E-state index contributed by atoms with van der Waals surface area (Å²) in [5, 5.41) is 6.18. The molecule has 0 aliphatic carbocycles. The predicted octanol–water partition coefficient (Wildman–Crippen LogP) is 0.178. The van der Waals surface area contributed by atoms with Gasteiger partial charge in [-0.25, -0.2) is 14.4 Å². The molecule has 29 heavy (non-hydrogen) atoms. The SMILES string of the molecule is COC(=O)[C@@H](C)NP1(=O)OC[C@H]2OC(n3ccc(=O)[nH]c3=O)[C@](C)(N=[N+]=[N-])[C@@H]2O1. The van der Waals surface area contributed by atoms with Crippen molar-refractivity contribution >= 4 is 13.7 Å². The summed E-state index contributed by atoms with van der Waals surface area (Å²) >= 11 is 0. The maximum Gasteiger partial charge on any atom is 0.406 e. The number of aromatic nitrogens is 2. The highest BCUT2D eigenvalue weighted by Crippen LogP contribution is 2.56. The Morgan fingerprint density at radius 3 is 2.93 bits per heavy atom. The van der Waals surface area contributed by atoms with Crippen LogP contribution in [0, 0.1) is 0 Å². The van der Waals surface area contributed by atoms with Crippen molar-refractivity contribution in [2.45, 2.75) is 43.9 Å². The van der Waals surface area contributed by atoms with Gasteiger partial charge in [-0.05, 0) is 19.4 Å². The Morgan fingerprint density at radius 1 is 1.59 bits per heavy atom. The monoisotopic (exact) mass is 430 g/mol. The van der Waals surface area contributed by atoms with Crippen LogP contribution in [0.5, 0.6) is 0 Å². The van der Waals surface area contributed by atoms with Gasteiger partial charge in [-0.2, -0.15) is 0 Å². The van der Waals surface area contributed by atoms with Gasteiger partial charge in [0.2, 0.25) is 0 Å². The minimum absolute atomic E-state index is 0.228. The number of rotatable bonds is 5. The Hall–Kier alpha value is -2.47. The molecule has 15 heteroatoms. The molecule has 0 saturated carbocycles. The van der Waals surface area contributed by atoms with Crippen molar-refractivity contribution < 1.29 is 27.9 Å². The standard InChI is InChI=1S/C14H19N6O8P/c1-7(11(22)25-3)17-29(24)26-6-8-10(28-29)14(2,18-19-15)12(27-8)20-5-4-9(21)16-13(20)23/h4-5,7-8,10,12H,6H2,1-3H3,(H,17,24)(H,16,21,23)/t7-,8-,10-,12?,14-,29?/m1/s1. The molecular weight excluding hydrogens is 411 g/mol. The first-order valence-electron chi connectivity index (χ1n) is 8.45. The number of H-pyrrole nitrogens is 1. The minimum Gasteiger partial charge on any atom is -0.468 e. The van der Waals surface area contributed by atoms with Crippen LogP contribution >= 0.6 is 7.75 Å². The highest BCUT2D eigenvalue weighted by atomic mass is 31.2. The summed E-state index contributed by atoms with van der Waals surface area (Å²) in [6.07, 6.45) is -1.91. The molecule has 158 valence electrons. The van der Waals surface area contributed by atoms with Gasteiger partial charge in [-0.1, -0.05) is 5.11 Å². The van der Waals surface area contributed by atoms with E-state index in [1.165, 1.54) is 27.2 Å². The second kappa shape index (κ2) is 7.75. The molecule has 0 amide bonds. The fourth-order valence-corrected chi connectivity index (χ4v) is 5.01. The van der Waals surface area contributed by atoms with Crippen molar-refractivity contribution in [2.24, 2.45) is 5.11 Å². The quantitative estimate of drug-likeness (QED) is 0.216. The van der Waals surface area contributed by atoms with Gasteiger partial charge in [0.15, 0.2) is 6.23 Å². The van der Waals surface area contributed by atoms with Crippen LogP contribution in [0.15, 0.2) is 27.0 Å². The number of methoxy groups -OCH3 is 1. The maximum atomic E-state index is 13.0. The summed E-state index contributed by atoms with van der Waals surface area (Å²) in [6, 6.07) is 0.0958. The highest BCUT2D eigenvalue weighted by molar-refractivity contribution is 7.51. The van der Waals surface area contributed by atoms with Crippen LogP contribution in [0.1, 0.15) is 20.1 Å². The second-order valence-corrected chi connectivity index (χ2v) is 8.37. The Balaban J connectivity index is 1.95. The second-order valence-electron chi connectivity index (χ2n) is 6.65. The van der Waals surface area contributed by atoms with E-state index >= 15 is 0 Å². The third-order valence-electron chi connectivity index (χ3n) is 4.65. The fraction of sp³-hybridized carbons (Fsp3) is 0.643. The normalized spacial score (nSPS) is 34.7. The summed E-state index contributed by atoms with van der Waals surface area (Å²) in [4.78, 5) is 40.1. The fourth-order valence-electron chi connectivity index (χ4n) is 3.24. The molecule has 1 aromatic rings. The van der Waals surface area contributed by atoms with Crippen LogP contribution in [0.2, 0.25) is 0 Å². The number of esters is 1. The number of carbonyl (C=O) groups excluding carboxylic acids is 1. The molecule has 0 radical (unpaired) electrons. The van der Waals surface area contributed by atoms with Gasteiger partial charge in [-0.15, -0.1) is 0 Å². The summed E-state index contributed by atoms with van der Waals surface area (Å²) < 4.78 is 35.2.